The van der Waals surface area contributed by atoms with E-state index >= 15 is 0 Å². The lowest BCUT2D eigenvalue weighted by Crippen LogP contribution is -2.32. The van der Waals surface area contributed by atoms with Crippen molar-refractivity contribution in [3.8, 4) is 0 Å². The zero-order valence-corrected chi connectivity index (χ0v) is 10.7. The number of rotatable bonds is 2. The Bertz CT molecular complexity index is 656. The van der Waals surface area contributed by atoms with Crippen molar-refractivity contribution in [1.29, 1.82) is 0 Å². The number of aromatic nitrogens is 2. The van der Waals surface area contributed by atoms with Gasteiger partial charge in [0.05, 0.1) is 4.92 Å². The van der Waals surface area contributed by atoms with Crippen molar-refractivity contribution < 1.29 is 4.92 Å². The van der Waals surface area contributed by atoms with Crippen molar-refractivity contribution in [3.63, 3.8) is 0 Å². The Balaban J connectivity index is 1.86. The van der Waals surface area contributed by atoms with Crippen molar-refractivity contribution in [2.45, 2.75) is 13.0 Å². The van der Waals surface area contributed by atoms with Gasteiger partial charge in [0.15, 0.2) is 0 Å². The molecular formula is C13H13N5O2. The maximum absolute atomic E-state index is 10.6. The molecule has 0 amide bonds. The molecule has 7 nitrogen and oxygen atoms in total. The van der Waals surface area contributed by atoms with E-state index in [9.17, 15) is 10.1 Å². The van der Waals surface area contributed by atoms with E-state index in [1.54, 1.807) is 0 Å². The van der Waals surface area contributed by atoms with Gasteiger partial charge in [-0.3, -0.25) is 10.1 Å². The molecule has 1 aliphatic rings. The van der Waals surface area contributed by atoms with E-state index in [1.807, 2.05) is 17.0 Å². The van der Waals surface area contributed by atoms with Gasteiger partial charge in [-0.2, -0.15) is 0 Å². The van der Waals surface area contributed by atoms with Gasteiger partial charge < -0.3 is 10.6 Å². The van der Waals surface area contributed by atoms with E-state index in [4.69, 9.17) is 5.73 Å². The molecule has 1 aromatic carbocycles. The minimum Gasteiger partial charge on any atom is -0.398 e. The summed E-state index contributed by atoms with van der Waals surface area (Å²) in [6.07, 6.45) is 3.32. The third-order valence-electron chi connectivity index (χ3n) is 3.43. The Morgan fingerprint density at radius 3 is 2.75 bits per heavy atom. The van der Waals surface area contributed by atoms with Crippen molar-refractivity contribution in [2.75, 3.05) is 17.2 Å². The molecule has 0 unspecified atom stereocenters. The minimum atomic E-state index is -0.507. The highest BCUT2D eigenvalue weighted by Gasteiger charge is 2.20. The molecule has 0 saturated heterocycles. The standard InChI is InChI=1S/C13H13N5O2/c14-12-3-1-2-9-4-5-17(8-11(9)12)13-15-6-10(7-16-13)18(19)20/h1-3,6-7H,4-5,8,14H2. The number of nitrogen functional groups attached to an aromatic ring is 1. The zero-order chi connectivity index (χ0) is 14.1. The summed E-state index contributed by atoms with van der Waals surface area (Å²) in [5.74, 6) is 0.490. The first kappa shape index (κ1) is 12.3. The van der Waals surface area contributed by atoms with E-state index in [0.29, 0.717) is 12.5 Å². The maximum Gasteiger partial charge on any atom is 0.305 e. The number of hydrogen-bond donors (Lipinski definition) is 1. The highest BCUT2D eigenvalue weighted by molar-refractivity contribution is 5.54. The average molecular weight is 271 g/mol. The van der Waals surface area contributed by atoms with Crippen molar-refractivity contribution in [2.24, 2.45) is 0 Å². The second-order valence-electron chi connectivity index (χ2n) is 4.65. The summed E-state index contributed by atoms with van der Waals surface area (Å²) in [5.41, 5.74) is 8.96. The van der Waals surface area contributed by atoms with Crippen LogP contribution in [0.1, 0.15) is 11.1 Å². The van der Waals surface area contributed by atoms with E-state index in [1.165, 1.54) is 18.0 Å². The topological polar surface area (TPSA) is 98.2 Å². The van der Waals surface area contributed by atoms with Crippen molar-refractivity contribution in [3.05, 3.63) is 51.8 Å². The molecule has 2 aromatic rings. The maximum atomic E-state index is 10.6. The minimum absolute atomic E-state index is 0.106. The number of hydrogen-bond acceptors (Lipinski definition) is 6. The van der Waals surface area contributed by atoms with Gasteiger partial charge in [-0.15, -0.1) is 0 Å². The van der Waals surface area contributed by atoms with Crippen LogP contribution in [0.25, 0.3) is 0 Å². The molecule has 2 heterocycles. The number of benzene rings is 1. The first-order valence-electron chi connectivity index (χ1n) is 6.23. The highest BCUT2D eigenvalue weighted by Crippen LogP contribution is 2.26. The molecule has 0 fully saturated rings. The third kappa shape index (κ3) is 2.13. The van der Waals surface area contributed by atoms with Crippen LogP contribution in [0.3, 0.4) is 0 Å². The van der Waals surface area contributed by atoms with Gasteiger partial charge in [-0.25, -0.2) is 9.97 Å². The lowest BCUT2D eigenvalue weighted by molar-refractivity contribution is -0.385. The van der Waals surface area contributed by atoms with Gasteiger partial charge in [0.1, 0.15) is 12.4 Å². The SMILES string of the molecule is Nc1cccc2c1CN(c1ncc([N+](=O)[O-])cn1)CC2. The lowest BCUT2D eigenvalue weighted by Gasteiger charge is -2.29. The van der Waals surface area contributed by atoms with Crippen LogP contribution in [0, 0.1) is 10.1 Å². The van der Waals surface area contributed by atoms with Gasteiger partial charge >= 0.3 is 5.69 Å². The second kappa shape index (κ2) is 4.76. The largest absolute Gasteiger partial charge is 0.398 e. The predicted molar refractivity (Wildman–Crippen MR) is 74.3 cm³/mol. The molecule has 1 aromatic heterocycles. The summed E-state index contributed by atoms with van der Waals surface area (Å²) < 4.78 is 0. The molecule has 20 heavy (non-hydrogen) atoms. The van der Waals surface area contributed by atoms with Crippen molar-refractivity contribution >= 4 is 17.3 Å². The number of nitrogens with two attached hydrogens (primary N) is 1. The molecule has 7 heteroatoms. The van der Waals surface area contributed by atoms with Crippen LogP contribution in [0.15, 0.2) is 30.6 Å². The van der Waals surface area contributed by atoms with E-state index in [0.717, 1.165) is 24.2 Å². The van der Waals surface area contributed by atoms with E-state index in [-0.39, 0.29) is 5.69 Å². The van der Waals surface area contributed by atoms with Gasteiger partial charge in [-0.05, 0) is 23.6 Å². The first-order chi connectivity index (χ1) is 9.65. The van der Waals surface area contributed by atoms with Crippen LogP contribution in [-0.4, -0.2) is 21.4 Å². The highest BCUT2D eigenvalue weighted by atomic mass is 16.6. The molecule has 0 spiro atoms. The number of fused-ring (bicyclic) bond motifs is 1. The quantitative estimate of drug-likeness (QED) is 0.505. The van der Waals surface area contributed by atoms with Gasteiger partial charge in [0.2, 0.25) is 5.95 Å². The van der Waals surface area contributed by atoms with Crippen LogP contribution >= 0.6 is 0 Å². The van der Waals surface area contributed by atoms with E-state index < -0.39 is 4.92 Å². The Hall–Kier alpha value is -2.70. The predicted octanol–water partition coefficient (Wildman–Crippen LogP) is 1.53. The summed E-state index contributed by atoms with van der Waals surface area (Å²) >= 11 is 0. The monoisotopic (exact) mass is 271 g/mol. The van der Waals surface area contributed by atoms with Crippen LogP contribution in [0.5, 0.6) is 0 Å². The first-order valence-corrected chi connectivity index (χ1v) is 6.23. The zero-order valence-electron chi connectivity index (χ0n) is 10.7. The summed E-state index contributed by atoms with van der Waals surface area (Å²) in [6, 6.07) is 5.89. The molecule has 102 valence electrons. The summed E-state index contributed by atoms with van der Waals surface area (Å²) in [7, 11) is 0. The molecule has 0 radical (unpaired) electrons. The van der Waals surface area contributed by atoms with Crippen molar-refractivity contribution in [1.82, 2.24) is 9.97 Å². The second-order valence-corrected chi connectivity index (χ2v) is 4.65. The molecule has 0 saturated carbocycles. The molecule has 1 aliphatic heterocycles. The summed E-state index contributed by atoms with van der Waals surface area (Å²) in [5, 5.41) is 10.6. The van der Waals surface area contributed by atoms with Gasteiger partial charge in [-0.1, -0.05) is 12.1 Å². The summed E-state index contributed by atoms with van der Waals surface area (Å²) in [6.45, 7) is 1.40. The van der Waals surface area contributed by atoms with Crippen LogP contribution < -0.4 is 10.6 Å². The van der Waals surface area contributed by atoms with Gasteiger partial charge in [0, 0.05) is 18.8 Å². The summed E-state index contributed by atoms with van der Waals surface area (Å²) in [4.78, 5) is 20.2. The van der Waals surface area contributed by atoms with Crippen LogP contribution in [0.4, 0.5) is 17.3 Å². The smallest absolute Gasteiger partial charge is 0.305 e. The fourth-order valence-electron chi connectivity index (χ4n) is 2.35. The van der Waals surface area contributed by atoms with Gasteiger partial charge in [0.25, 0.3) is 0 Å². The van der Waals surface area contributed by atoms with Crippen LogP contribution in [0.2, 0.25) is 0 Å². The lowest BCUT2D eigenvalue weighted by atomic mass is 9.98. The Morgan fingerprint density at radius 1 is 1.30 bits per heavy atom. The van der Waals surface area contributed by atoms with Crippen LogP contribution in [-0.2, 0) is 13.0 Å². The molecule has 3 rings (SSSR count). The Labute approximate surface area is 115 Å². The molecular weight excluding hydrogens is 258 g/mol. The Kier molecular flexibility index (Phi) is 2.94. The number of anilines is 2. The normalized spacial score (nSPS) is 13.9. The molecule has 0 aliphatic carbocycles. The van der Waals surface area contributed by atoms with E-state index in [2.05, 4.69) is 16.0 Å². The fourth-order valence-corrected chi connectivity index (χ4v) is 2.35. The molecule has 0 bridgehead atoms. The molecule has 2 N–H and O–H groups in total. The number of nitro groups is 1. The molecule has 0 atom stereocenters. The fraction of sp³-hybridized carbons (Fsp3) is 0.231. The Morgan fingerprint density at radius 2 is 2.05 bits per heavy atom. The third-order valence-corrected chi connectivity index (χ3v) is 3.43. The number of nitrogens with zero attached hydrogens (tertiary/aromatic N) is 4. The average Bonchev–Trinajstić information content (AvgIpc) is 2.47.